The van der Waals surface area contributed by atoms with E-state index in [2.05, 4.69) is 17.9 Å². The van der Waals surface area contributed by atoms with Crippen LogP contribution in [0, 0.1) is 0 Å². The molecule has 2 atom stereocenters. The van der Waals surface area contributed by atoms with Crippen molar-refractivity contribution in [3.8, 4) is 17.2 Å². The van der Waals surface area contributed by atoms with Gasteiger partial charge in [0.05, 0.1) is 13.2 Å². The lowest BCUT2D eigenvalue weighted by molar-refractivity contribution is 0.294. The molecular formula is C20H27NO3. The van der Waals surface area contributed by atoms with Crippen molar-refractivity contribution < 1.29 is 14.2 Å². The van der Waals surface area contributed by atoms with Crippen LogP contribution in [0.15, 0.2) is 48.5 Å². The average Bonchev–Trinajstić information content (AvgIpc) is 3.39. The molecule has 2 aromatic carbocycles. The predicted octanol–water partition coefficient (Wildman–Crippen LogP) is 3.99. The molecule has 0 bridgehead atoms. The fourth-order valence-electron chi connectivity index (χ4n) is 2.59. The Morgan fingerprint density at radius 1 is 0.792 bits per heavy atom. The van der Waals surface area contributed by atoms with Crippen molar-refractivity contribution >= 4 is 0 Å². The summed E-state index contributed by atoms with van der Waals surface area (Å²) in [4.78, 5) is 0. The smallest absolute Gasteiger partial charge is 0.120 e. The molecule has 1 fully saturated rings. The topological polar surface area (TPSA) is 53.7 Å². The van der Waals surface area contributed by atoms with Gasteiger partial charge in [-0.25, -0.2) is 0 Å². The third kappa shape index (κ3) is 4.90. The van der Waals surface area contributed by atoms with Gasteiger partial charge in [0.15, 0.2) is 0 Å². The van der Waals surface area contributed by atoms with Crippen molar-refractivity contribution in [3.63, 3.8) is 0 Å². The van der Waals surface area contributed by atoms with E-state index in [4.69, 9.17) is 14.2 Å². The maximum absolute atomic E-state index is 6.02. The first-order valence-electron chi connectivity index (χ1n) is 8.50. The van der Waals surface area contributed by atoms with E-state index >= 15 is 0 Å². The second-order valence-corrected chi connectivity index (χ2v) is 5.40. The van der Waals surface area contributed by atoms with Crippen molar-refractivity contribution in [1.82, 2.24) is 0 Å². The summed E-state index contributed by atoms with van der Waals surface area (Å²) in [6.07, 6.45) is 1.34. The second-order valence-electron chi connectivity index (χ2n) is 5.40. The van der Waals surface area contributed by atoms with E-state index < -0.39 is 0 Å². The monoisotopic (exact) mass is 329 g/mol. The molecule has 2 N–H and O–H groups in total. The zero-order valence-corrected chi connectivity index (χ0v) is 14.7. The Hall–Kier alpha value is -2.20. The minimum absolute atomic E-state index is 0.274. The summed E-state index contributed by atoms with van der Waals surface area (Å²) in [7, 11) is 1.50. The lowest BCUT2D eigenvalue weighted by Crippen LogP contribution is -2.00. The summed E-state index contributed by atoms with van der Waals surface area (Å²) < 4.78 is 16.9. The molecule has 0 aliphatic heterocycles. The standard InChI is InChI=1S/C19H22O3.CH5N/c1-3-20-15-7-5-14(6-8-15)18-13-19(18)22-17-11-9-16(10-12-17)21-4-2;1-2/h5-12,18-19H,3-4,13H2,1-2H3;2H2,1H3. The fourth-order valence-corrected chi connectivity index (χ4v) is 2.59. The van der Waals surface area contributed by atoms with E-state index in [1.807, 2.05) is 50.2 Å². The quantitative estimate of drug-likeness (QED) is 0.834. The van der Waals surface area contributed by atoms with Gasteiger partial charge >= 0.3 is 0 Å². The first-order chi connectivity index (χ1) is 11.8. The molecule has 4 heteroatoms. The van der Waals surface area contributed by atoms with Crippen LogP contribution in [0.4, 0.5) is 0 Å². The molecule has 1 aliphatic rings. The number of rotatable bonds is 7. The van der Waals surface area contributed by atoms with Crippen LogP contribution < -0.4 is 19.9 Å². The maximum atomic E-state index is 6.02. The van der Waals surface area contributed by atoms with Gasteiger partial charge in [0.25, 0.3) is 0 Å². The molecule has 2 unspecified atom stereocenters. The number of ether oxygens (including phenoxy) is 3. The van der Waals surface area contributed by atoms with Crippen LogP contribution in [-0.2, 0) is 0 Å². The zero-order valence-electron chi connectivity index (χ0n) is 14.7. The van der Waals surface area contributed by atoms with Crippen molar-refractivity contribution in [2.75, 3.05) is 20.3 Å². The van der Waals surface area contributed by atoms with Gasteiger partial charge in [0, 0.05) is 5.92 Å². The van der Waals surface area contributed by atoms with Gasteiger partial charge in [-0.15, -0.1) is 0 Å². The summed E-state index contributed by atoms with van der Waals surface area (Å²) in [6, 6.07) is 16.2. The molecule has 130 valence electrons. The highest BCUT2D eigenvalue weighted by Gasteiger charge is 2.40. The van der Waals surface area contributed by atoms with E-state index in [1.165, 1.54) is 12.6 Å². The average molecular weight is 329 g/mol. The summed E-state index contributed by atoms with van der Waals surface area (Å²) in [6.45, 7) is 5.36. The van der Waals surface area contributed by atoms with E-state index in [0.29, 0.717) is 19.1 Å². The van der Waals surface area contributed by atoms with Crippen molar-refractivity contribution in [2.24, 2.45) is 5.73 Å². The number of nitrogens with two attached hydrogens (primary N) is 1. The molecule has 1 saturated carbocycles. The first kappa shape index (κ1) is 18.1. The Bertz CT molecular complexity index is 595. The van der Waals surface area contributed by atoms with Gasteiger partial charge in [-0.3, -0.25) is 0 Å². The summed E-state index contributed by atoms with van der Waals surface area (Å²) in [5, 5.41) is 0. The van der Waals surface area contributed by atoms with Gasteiger partial charge in [-0.05, 0) is 69.3 Å². The second kappa shape index (κ2) is 9.18. The third-order valence-electron chi connectivity index (χ3n) is 3.77. The zero-order chi connectivity index (χ0) is 17.4. The summed E-state index contributed by atoms with van der Waals surface area (Å²) in [5.41, 5.74) is 5.82. The van der Waals surface area contributed by atoms with Crippen LogP contribution in [0.25, 0.3) is 0 Å². The van der Waals surface area contributed by atoms with Crippen LogP contribution >= 0.6 is 0 Å². The molecule has 4 nitrogen and oxygen atoms in total. The highest BCUT2D eigenvalue weighted by atomic mass is 16.5. The Morgan fingerprint density at radius 3 is 1.75 bits per heavy atom. The molecule has 24 heavy (non-hydrogen) atoms. The van der Waals surface area contributed by atoms with Gasteiger partial charge in [-0.2, -0.15) is 0 Å². The summed E-state index contributed by atoms with van der Waals surface area (Å²) >= 11 is 0. The number of hydrogen-bond donors (Lipinski definition) is 1. The fraction of sp³-hybridized carbons (Fsp3) is 0.400. The third-order valence-corrected chi connectivity index (χ3v) is 3.77. The molecule has 3 rings (SSSR count). The predicted molar refractivity (Wildman–Crippen MR) is 97.1 cm³/mol. The Morgan fingerprint density at radius 2 is 1.25 bits per heavy atom. The van der Waals surface area contributed by atoms with E-state index in [1.54, 1.807) is 0 Å². The van der Waals surface area contributed by atoms with Gasteiger partial charge in [0.1, 0.15) is 23.4 Å². The van der Waals surface area contributed by atoms with E-state index in [0.717, 1.165) is 23.7 Å². The molecule has 0 saturated heterocycles. The minimum Gasteiger partial charge on any atom is -0.494 e. The van der Waals surface area contributed by atoms with Gasteiger partial charge in [-0.1, -0.05) is 12.1 Å². The van der Waals surface area contributed by atoms with Crippen LogP contribution in [0.3, 0.4) is 0 Å². The SMILES string of the molecule is CCOc1ccc(OC2CC2c2ccc(OCC)cc2)cc1.CN. The molecule has 0 radical (unpaired) electrons. The highest BCUT2D eigenvalue weighted by Crippen LogP contribution is 2.44. The molecule has 1 aliphatic carbocycles. The number of benzene rings is 2. The molecule has 2 aromatic rings. The number of hydrogen-bond acceptors (Lipinski definition) is 4. The molecule has 0 spiro atoms. The lowest BCUT2D eigenvalue weighted by atomic mass is 10.1. The van der Waals surface area contributed by atoms with Crippen LogP contribution in [0.2, 0.25) is 0 Å². The van der Waals surface area contributed by atoms with E-state index in [-0.39, 0.29) is 6.10 Å². The Labute approximate surface area is 144 Å². The first-order valence-corrected chi connectivity index (χ1v) is 8.50. The Kier molecular flexibility index (Phi) is 6.94. The van der Waals surface area contributed by atoms with Crippen LogP contribution in [-0.4, -0.2) is 26.4 Å². The van der Waals surface area contributed by atoms with Gasteiger partial charge < -0.3 is 19.9 Å². The van der Waals surface area contributed by atoms with Crippen LogP contribution in [0.1, 0.15) is 31.7 Å². The van der Waals surface area contributed by atoms with Crippen molar-refractivity contribution in [3.05, 3.63) is 54.1 Å². The van der Waals surface area contributed by atoms with Crippen molar-refractivity contribution in [1.29, 1.82) is 0 Å². The molecule has 0 heterocycles. The van der Waals surface area contributed by atoms with Crippen LogP contribution in [0.5, 0.6) is 17.2 Å². The normalized spacial score (nSPS) is 18.2. The Balaban J connectivity index is 0.00000100. The molecular weight excluding hydrogens is 302 g/mol. The van der Waals surface area contributed by atoms with E-state index in [9.17, 15) is 0 Å². The lowest BCUT2D eigenvalue weighted by Gasteiger charge is -2.08. The summed E-state index contributed by atoms with van der Waals surface area (Å²) in [5.74, 6) is 3.20. The minimum atomic E-state index is 0.274. The maximum Gasteiger partial charge on any atom is 0.120 e. The van der Waals surface area contributed by atoms with Crippen molar-refractivity contribution in [2.45, 2.75) is 32.3 Å². The molecule has 0 amide bonds. The molecule has 0 aromatic heterocycles. The van der Waals surface area contributed by atoms with Gasteiger partial charge in [0.2, 0.25) is 0 Å². The largest absolute Gasteiger partial charge is 0.494 e. The highest BCUT2D eigenvalue weighted by molar-refractivity contribution is 5.35.